The number of hydrogen-bond acceptors (Lipinski definition) is 6. The molecule has 2 aliphatic rings. The molecule has 9 heteroatoms. The number of aryl methyl sites for hydroxylation is 1. The van der Waals surface area contributed by atoms with Crippen LogP contribution in [0, 0.1) is 12.7 Å². The summed E-state index contributed by atoms with van der Waals surface area (Å²) < 4.78 is 25.8. The summed E-state index contributed by atoms with van der Waals surface area (Å²) in [7, 11) is 3.25. The second-order valence-corrected chi connectivity index (χ2v) is 9.71. The molecule has 0 saturated carbocycles. The van der Waals surface area contributed by atoms with E-state index in [0.717, 1.165) is 60.5 Å². The van der Waals surface area contributed by atoms with Gasteiger partial charge in [-0.1, -0.05) is 12.1 Å². The number of urea groups is 1. The van der Waals surface area contributed by atoms with Crippen molar-refractivity contribution in [3.05, 3.63) is 71.2 Å². The normalized spacial score (nSPS) is 17.6. The number of carbonyl (C=O) groups is 1. The zero-order valence-corrected chi connectivity index (χ0v) is 22.1. The molecule has 0 spiro atoms. The summed E-state index contributed by atoms with van der Waals surface area (Å²) in [5, 5.41) is 6.81. The van der Waals surface area contributed by atoms with Crippen LogP contribution < -0.4 is 29.9 Å². The molecule has 2 aromatic carbocycles. The van der Waals surface area contributed by atoms with Crippen molar-refractivity contribution in [1.82, 2.24) is 10.3 Å². The Hall–Kier alpha value is -3.85. The van der Waals surface area contributed by atoms with E-state index < -0.39 is 5.82 Å². The van der Waals surface area contributed by atoms with Crippen molar-refractivity contribution in [3.63, 3.8) is 0 Å². The van der Waals surface area contributed by atoms with Crippen LogP contribution in [0.25, 0.3) is 0 Å². The maximum atomic E-state index is 15.0. The molecule has 1 atom stereocenters. The first kappa shape index (κ1) is 25.8. The smallest absolute Gasteiger partial charge is 0.329 e. The van der Waals surface area contributed by atoms with Gasteiger partial charge in [-0.05, 0) is 63.0 Å². The Morgan fingerprint density at radius 2 is 2.00 bits per heavy atom. The summed E-state index contributed by atoms with van der Waals surface area (Å²) in [4.78, 5) is 22.1. The van der Waals surface area contributed by atoms with E-state index in [-0.39, 0.29) is 18.6 Å². The largest absolute Gasteiger partial charge is 0.497 e. The van der Waals surface area contributed by atoms with E-state index in [1.165, 1.54) is 6.07 Å². The summed E-state index contributed by atoms with van der Waals surface area (Å²) in [6, 6.07) is 12.3. The Kier molecular flexibility index (Phi) is 7.64. The standard InChI is InChI=1S/C29H34FN5O3/c1-19-6-4-8-24(30)28(19)34-18-21-17-33-27(32-16-20-9-10-23(37-2)14-26(20)38-3)15-25(21)35(29(34)36)22-7-5-12-31-13-11-22/h4,6,8-10,14-15,17,22,31H,5,7,11-13,16,18H2,1-3H3,(H,32,33)/t22-/m1/s1. The molecule has 0 bridgehead atoms. The van der Waals surface area contributed by atoms with E-state index >= 15 is 0 Å². The number of methoxy groups -OCH3 is 2. The molecular formula is C29H34FN5O3. The number of benzene rings is 2. The number of rotatable bonds is 7. The number of carbonyl (C=O) groups excluding carboxylic acids is 1. The van der Waals surface area contributed by atoms with Crippen molar-refractivity contribution in [3.8, 4) is 11.5 Å². The van der Waals surface area contributed by atoms with Crippen LogP contribution in [0.3, 0.4) is 0 Å². The maximum Gasteiger partial charge on any atom is 0.329 e. The molecular weight excluding hydrogens is 485 g/mol. The maximum absolute atomic E-state index is 15.0. The Morgan fingerprint density at radius 1 is 1.13 bits per heavy atom. The molecule has 2 aliphatic heterocycles. The van der Waals surface area contributed by atoms with Gasteiger partial charge in [-0.2, -0.15) is 0 Å². The Morgan fingerprint density at radius 3 is 2.79 bits per heavy atom. The number of fused-ring (bicyclic) bond motifs is 1. The molecule has 0 aliphatic carbocycles. The van der Waals surface area contributed by atoms with E-state index in [1.54, 1.807) is 31.4 Å². The molecule has 2 amide bonds. The van der Waals surface area contributed by atoms with Crippen LogP contribution in [0.1, 0.15) is 36.0 Å². The van der Waals surface area contributed by atoms with Crippen LogP contribution >= 0.6 is 0 Å². The van der Waals surface area contributed by atoms with Crippen molar-refractivity contribution in [2.75, 3.05) is 42.4 Å². The average molecular weight is 520 g/mol. The van der Waals surface area contributed by atoms with Crippen molar-refractivity contribution >= 4 is 23.2 Å². The van der Waals surface area contributed by atoms with Crippen LogP contribution in [-0.4, -0.2) is 44.4 Å². The molecule has 3 heterocycles. The van der Waals surface area contributed by atoms with Crippen molar-refractivity contribution < 1.29 is 18.7 Å². The van der Waals surface area contributed by atoms with E-state index in [1.807, 2.05) is 42.2 Å². The number of nitrogens with one attached hydrogen (secondary N) is 2. The minimum atomic E-state index is -0.399. The van der Waals surface area contributed by atoms with Crippen molar-refractivity contribution in [2.24, 2.45) is 0 Å². The van der Waals surface area contributed by atoms with Crippen LogP contribution in [0.4, 0.5) is 26.4 Å². The second kappa shape index (κ2) is 11.3. The molecule has 1 fully saturated rings. The molecule has 0 radical (unpaired) electrons. The first-order valence-electron chi connectivity index (χ1n) is 13.0. The third-order valence-corrected chi connectivity index (χ3v) is 7.31. The molecule has 5 rings (SSSR count). The first-order valence-corrected chi connectivity index (χ1v) is 13.0. The van der Waals surface area contributed by atoms with Gasteiger partial charge in [0.1, 0.15) is 23.1 Å². The van der Waals surface area contributed by atoms with Crippen LogP contribution in [-0.2, 0) is 13.1 Å². The highest BCUT2D eigenvalue weighted by atomic mass is 19.1. The van der Waals surface area contributed by atoms with E-state index in [2.05, 4.69) is 15.6 Å². The van der Waals surface area contributed by atoms with Gasteiger partial charge in [0.15, 0.2) is 0 Å². The lowest BCUT2D eigenvalue weighted by Gasteiger charge is -2.41. The molecule has 0 unspecified atom stereocenters. The summed E-state index contributed by atoms with van der Waals surface area (Å²) in [6.07, 6.45) is 4.45. The van der Waals surface area contributed by atoms with Gasteiger partial charge in [0, 0.05) is 42.0 Å². The number of anilines is 3. The number of nitrogens with zero attached hydrogens (tertiary/aromatic N) is 3. The predicted octanol–water partition coefficient (Wildman–Crippen LogP) is 5.25. The van der Waals surface area contributed by atoms with Crippen LogP contribution in [0.5, 0.6) is 11.5 Å². The summed E-state index contributed by atoms with van der Waals surface area (Å²) >= 11 is 0. The van der Waals surface area contributed by atoms with Gasteiger partial charge in [-0.15, -0.1) is 0 Å². The fourth-order valence-electron chi connectivity index (χ4n) is 5.32. The van der Waals surface area contributed by atoms with E-state index in [4.69, 9.17) is 9.47 Å². The Bertz CT molecular complexity index is 1290. The fourth-order valence-corrected chi connectivity index (χ4v) is 5.32. The lowest BCUT2D eigenvalue weighted by atomic mass is 10.0. The average Bonchev–Trinajstić information content (AvgIpc) is 3.21. The molecule has 38 heavy (non-hydrogen) atoms. The van der Waals surface area contributed by atoms with Crippen molar-refractivity contribution in [1.29, 1.82) is 0 Å². The topological polar surface area (TPSA) is 79.0 Å². The number of ether oxygens (including phenoxy) is 2. The SMILES string of the molecule is COc1ccc(CNc2cc3c(cn2)CN(c2c(C)cccc2F)C(=O)N3[C@@H]2CCCNCC2)c(OC)c1. The monoisotopic (exact) mass is 519 g/mol. The molecule has 3 aromatic rings. The number of amides is 2. The van der Waals surface area contributed by atoms with Crippen LogP contribution in [0.2, 0.25) is 0 Å². The fraction of sp³-hybridized carbons (Fsp3) is 0.379. The molecule has 1 aromatic heterocycles. The zero-order chi connectivity index (χ0) is 26.6. The molecule has 8 nitrogen and oxygen atoms in total. The Balaban J connectivity index is 1.48. The second-order valence-electron chi connectivity index (χ2n) is 9.71. The first-order chi connectivity index (χ1) is 18.5. The minimum Gasteiger partial charge on any atom is -0.497 e. The lowest BCUT2D eigenvalue weighted by Crippen LogP contribution is -2.52. The number of aromatic nitrogens is 1. The Labute approximate surface area is 222 Å². The zero-order valence-electron chi connectivity index (χ0n) is 22.1. The quantitative estimate of drug-likeness (QED) is 0.444. The summed E-state index contributed by atoms with van der Waals surface area (Å²) in [6.45, 7) is 4.34. The third kappa shape index (κ3) is 5.11. The van der Waals surface area contributed by atoms with Gasteiger partial charge < -0.3 is 20.1 Å². The van der Waals surface area contributed by atoms with Crippen LogP contribution in [0.15, 0.2) is 48.7 Å². The van der Waals surface area contributed by atoms with Gasteiger partial charge in [-0.25, -0.2) is 14.2 Å². The molecule has 1 saturated heterocycles. The number of para-hydroxylation sites is 1. The van der Waals surface area contributed by atoms with E-state index in [9.17, 15) is 9.18 Å². The third-order valence-electron chi connectivity index (χ3n) is 7.31. The van der Waals surface area contributed by atoms with Gasteiger partial charge in [0.2, 0.25) is 0 Å². The molecule has 200 valence electrons. The minimum absolute atomic E-state index is 0.00284. The number of hydrogen-bond donors (Lipinski definition) is 2. The predicted molar refractivity (Wildman–Crippen MR) is 147 cm³/mol. The van der Waals surface area contributed by atoms with E-state index in [0.29, 0.717) is 23.8 Å². The molecule has 2 N–H and O–H groups in total. The van der Waals surface area contributed by atoms with Gasteiger partial charge in [0.05, 0.1) is 32.1 Å². The van der Waals surface area contributed by atoms with Gasteiger partial charge in [-0.3, -0.25) is 9.80 Å². The van der Waals surface area contributed by atoms with Gasteiger partial charge in [0.25, 0.3) is 0 Å². The summed E-state index contributed by atoms with van der Waals surface area (Å²) in [5.41, 5.74) is 3.72. The van der Waals surface area contributed by atoms with Gasteiger partial charge >= 0.3 is 6.03 Å². The number of halogens is 1. The highest BCUT2D eigenvalue weighted by Gasteiger charge is 2.37. The number of pyridine rings is 1. The summed E-state index contributed by atoms with van der Waals surface area (Å²) in [5.74, 6) is 1.69. The highest BCUT2D eigenvalue weighted by molar-refractivity contribution is 6.07. The lowest BCUT2D eigenvalue weighted by molar-refractivity contribution is 0.246. The highest BCUT2D eigenvalue weighted by Crippen LogP contribution is 2.38. The van der Waals surface area contributed by atoms with Crippen molar-refractivity contribution in [2.45, 2.75) is 45.3 Å².